The van der Waals surface area contributed by atoms with Crippen molar-refractivity contribution in [3.8, 4) is 0 Å². The minimum atomic E-state index is -0.539. The molecule has 2 aliphatic heterocycles. The van der Waals surface area contributed by atoms with Crippen molar-refractivity contribution in [1.29, 1.82) is 0 Å². The van der Waals surface area contributed by atoms with Crippen LogP contribution in [0.4, 0.5) is 11.4 Å². The fraction of sp³-hybridized carbons (Fsp3) is 0.679. The highest BCUT2D eigenvalue weighted by Crippen LogP contribution is 2.63. The largest absolute Gasteiger partial charge is 0.383 e. The van der Waals surface area contributed by atoms with E-state index in [2.05, 4.69) is 58.5 Å². The summed E-state index contributed by atoms with van der Waals surface area (Å²) >= 11 is 0. The molecule has 188 valence electrons. The molecule has 35 heavy (non-hydrogen) atoms. The fourth-order valence-electron chi connectivity index (χ4n) is 7.83. The van der Waals surface area contributed by atoms with Crippen molar-refractivity contribution in [1.82, 2.24) is 9.88 Å². The molecule has 6 fully saturated rings. The first-order valence-electron chi connectivity index (χ1n) is 13.6. The molecule has 1 aromatic carbocycles. The number of benzene rings is 1. The zero-order chi connectivity index (χ0) is 23.6. The van der Waals surface area contributed by atoms with Crippen LogP contribution in [0.5, 0.6) is 0 Å². The van der Waals surface area contributed by atoms with Gasteiger partial charge in [0.2, 0.25) is 11.6 Å². The molecule has 0 radical (unpaired) electrons. The summed E-state index contributed by atoms with van der Waals surface area (Å²) in [6.07, 6.45) is 10.2. The SMILES string of the molecule is CN(C)c1ccc2nccc(NCCN3CCC4(CC3)OOC3(O4)C4CC5CC(C4)CC3C5)c2c1. The summed E-state index contributed by atoms with van der Waals surface area (Å²) < 4.78 is 6.86. The Kier molecular flexibility index (Phi) is 5.28. The normalized spacial score (nSPS) is 35.4. The summed E-state index contributed by atoms with van der Waals surface area (Å²) in [5, 5.41) is 4.83. The first-order chi connectivity index (χ1) is 17.0. The van der Waals surface area contributed by atoms with E-state index in [9.17, 15) is 0 Å². The number of hydrogen-bond donors (Lipinski definition) is 1. The second kappa shape index (κ2) is 8.30. The van der Waals surface area contributed by atoms with Crippen LogP contribution < -0.4 is 10.2 Å². The van der Waals surface area contributed by atoms with Gasteiger partial charge in [-0.25, -0.2) is 0 Å². The van der Waals surface area contributed by atoms with Gasteiger partial charge < -0.3 is 19.9 Å². The van der Waals surface area contributed by atoms with Gasteiger partial charge in [-0.1, -0.05) is 0 Å². The summed E-state index contributed by atoms with van der Waals surface area (Å²) in [5.41, 5.74) is 3.35. The molecular weight excluding hydrogens is 440 g/mol. The molecule has 0 amide bonds. The molecule has 8 rings (SSSR count). The first-order valence-corrected chi connectivity index (χ1v) is 13.6. The predicted octanol–water partition coefficient (Wildman–Crippen LogP) is 4.64. The number of piperidine rings is 1. The highest BCUT2D eigenvalue weighted by atomic mass is 17.3. The van der Waals surface area contributed by atoms with Crippen molar-refractivity contribution in [2.75, 3.05) is 50.5 Å². The van der Waals surface area contributed by atoms with Crippen molar-refractivity contribution < 1.29 is 14.5 Å². The smallest absolute Gasteiger partial charge is 0.210 e. The Hall–Kier alpha value is -1.93. The molecule has 7 nitrogen and oxygen atoms in total. The maximum atomic E-state index is 6.86. The Morgan fingerprint density at radius 3 is 2.46 bits per heavy atom. The average molecular weight is 479 g/mol. The monoisotopic (exact) mass is 478 g/mol. The standard InChI is InChI=1S/C28H38N4O3/c1-31(2)23-3-4-25-24(18-23)26(5-8-29-25)30-9-12-32-10-6-27(7-11-32)33-28(35-34-27)21-14-19-13-20(16-21)17-22(28)15-19/h3-5,8,18-22H,6-7,9-17H2,1-2H3,(H,29,30). The molecule has 2 aromatic rings. The van der Waals surface area contributed by atoms with Crippen LogP contribution in [0.15, 0.2) is 30.5 Å². The molecule has 3 heterocycles. The number of ether oxygens (including phenoxy) is 1. The fourth-order valence-corrected chi connectivity index (χ4v) is 7.83. The van der Waals surface area contributed by atoms with Gasteiger partial charge in [-0.3, -0.25) is 4.98 Å². The first kappa shape index (κ1) is 22.3. The minimum Gasteiger partial charge on any atom is -0.383 e. The molecular formula is C28H38N4O3. The van der Waals surface area contributed by atoms with Crippen molar-refractivity contribution in [2.45, 2.75) is 56.5 Å². The number of nitrogens with zero attached hydrogens (tertiary/aromatic N) is 3. The summed E-state index contributed by atoms with van der Waals surface area (Å²) in [4.78, 5) is 21.5. The molecule has 7 heteroatoms. The maximum absolute atomic E-state index is 6.86. The molecule has 4 aliphatic carbocycles. The topological polar surface area (TPSA) is 59.1 Å². The molecule has 2 spiro atoms. The molecule has 2 saturated heterocycles. The van der Waals surface area contributed by atoms with Crippen LogP contribution in [0, 0.1) is 23.7 Å². The number of rotatable bonds is 5. The lowest BCUT2D eigenvalue weighted by atomic mass is 9.53. The third kappa shape index (κ3) is 3.74. The van der Waals surface area contributed by atoms with E-state index in [1.807, 2.05) is 6.20 Å². The molecule has 6 aliphatic rings. The number of likely N-dealkylation sites (tertiary alicyclic amines) is 1. The Morgan fingerprint density at radius 2 is 1.74 bits per heavy atom. The van der Waals surface area contributed by atoms with Gasteiger partial charge >= 0.3 is 0 Å². The molecule has 4 saturated carbocycles. The Balaban J connectivity index is 0.956. The molecule has 1 aromatic heterocycles. The molecule has 1 N–H and O–H groups in total. The number of hydrogen-bond acceptors (Lipinski definition) is 7. The van der Waals surface area contributed by atoms with E-state index in [0.29, 0.717) is 11.8 Å². The van der Waals surface area contributed by atoms with Crippen LogP contribution in [-0.2, 0) is 14.5 Å². The summed E-state index contributed by atoms with van der Waals surface area (Å²) in [6.45, 7) is 3.84. The summed E-state index contributed by atoms with van der Waals surface area (Å²) in [7, 11) is 4.14. The van der Waals surface area contributed by atoms with E-state index in [4.69, 9.17) is 14.5 Å². The van der Waals surface area contributed by atoms with Gasteiger partial charge in [0, 0.05) is 87.9 Å². The minimum absolute atomic E-state index is 0.453. The summed E-state index contributed by atoms with van der Waals surface area (Å²) in [5.74, 6) is 1.86. The van der Waals surface area contributed by atoms with Crippen LogP contribution in [0.3, 0.4) is 0 Å². The molecule has 0 unspecified atom stereocenters. The van der Waals surface area contributed by atoms with E-state index >= 15 is 0 Å². The highest BCUT2D eigenvalue weighted by molar-refractivity contribution is 5.93. The van der Waals surface area contributed by atoms with E-state index in [1.54, 1.807) is 0 Å². The zero-order valence-corrected chi connectivity index (χ0v) is 21.0. The predicted molar refractivity (Wildman–Crippen MR) is 136 cm³/mol. The lowest BCUT2D eigenvalue weighted by Gasteiger charge is -2.57. The number of fused-ring (bicyclic) bond motifs is 1. The van der Waals surface area contributed by atoms with E-state index in [1.165, 1.54) is 43.2 Å². The van der Waals surface area contributed by atoms with Crippen LogP contribution >= 0.6 is 0 Å². The summed E-state index contributed by atoms with van der Waals surface area (Å²) in [6, 6.07) is 8.51. The third-order valence-electron chi connectivity index (χ3n) is 9.55. The van der Waals surface area contributed by atoms with E-state index in [0.717, 1.165) is 62.1 Å². The van der Waals surface area contributed by atoms with Crippen molar-refractivity contribution in [3.05, 3.63) is 30.5 Å². The second-order valence-corrected chi connectivity index (χ2v) is 11.9. The van der Waals surface area contributed by atoms with Gasteiger partial charge in [0.05, 0.1) is 5.52 Å². The van der Waals surface area contributed by atoms with Crippen LogP contribution in [0.1, 0.15) is 44.9 Å². The van der Waals surface area contributed by atoms with Crippen LogP contribution in [0.25, 0.3) is 10.9 Å². The lowest BCUT2D eigenvalue weighted by Crippen LogP contribution is -2.59. The number of nitrogens with one attached hydrogen (secondary N) is 1. The third-order valence-corrected chi connectivity index (χ3v) is 9.55. The van der Waals surface area contributed by atoms with Gasteiger partial charge in [0.25, 0.3) is 0 Å². The Labute approximate surface area is 208 Å². The zero-order valence-electron chi connectivity index (χ0n) is 21.0. The number of aromatic nitrogens is 1. The van der Waals surface area contributed by atoms with E-state index in [-0.39, 0.29) is 0 Å². The van der Waals surface area contributed by atoms with Crippen LogP contribution in [0.2, 0.25) is 0 Å². The van der Waals surface area contributed by atoms with Gasteiger partial charge in [0.1, 0.15) is 0 Å². The van der Waals surface area contributed by atoms with Crippen molar-refractivity contribution in [3.63, 3.8) is 0 Å². The van der Waals surface area contributed by atoms with Crippen molar-refractivity contribution in [2.24, 2.45) is 23.7 Å². The van der Waals surface area contributed by atoms with Gasteiger partial charge in [-0.15, -0.1) is 0 Å². The number of anilines is 2. The van der Waals surface area contributed by atoms with Gasteiger partial charge in [-0.2, -0.15) is 9.78 Å². The molecule has 4 bridgehead atoms. The Bertz CT molecular complexity index is 1070. The van der Waals surface area contributed by atoms with Gasteiger partial charge in [0.15, 0.2) is 0 Å². The van der Waals surface area contributed by atoms with Crippen LogP contribution in [-0.4, -0.2) is 61.7 Å². The maximum Gasteiger partial charge on any atom is 0.210 e. The quantitative estimate of drug-likeness (QED) is 0.629. The highest BCUT2D eigenvalue weighted by Gasteiger charge is 2.66. The Morgan fingerprint density at radius 1 is 1.00 bits per heavy atom. The number of pyridine rings is 1. The van der Waals surface area contributed by atoms with E-state index < -0.39 is 11.6 Å². The average Bonchev–Trinajstić information content (AvgIpc) is 3.23. The van der Waals surface area contributed by atoms with Crippen molar-refractivity contribution >= 4 is 22.3 Å². The van der Waals surface area contributed by atoms with Gasteiger partial charge in [-0.05, 0) is 68.2 Å². The second-order valence-electron chi connectivity index (χ2n) is 11.9. The lowest BCUT2D eigenvalue weighted by molar-refractivity contribution is -0.390. The molecule has 0 atom stereocenters.